The van der Waals surface area contributed by atoms with Crippen LogP contribution in [0.1, 0.15) is 55.4 Å². The minimum absolute atomic E-state index is 0.0000189. The van der Waals surface area contributed by atoms with E-state index in [0.717, 1.165) is 25.1 Å². The molecule has 0 saturated heterocycles. The average molecular weight is 308 g/mol. The number of carbonyl (C=O) groups excluding carboxylic acids is 2. The van der Waals surface area contributed by atoms with Crippen molar-refractivity contribution >= 4 is 11.9 Å². The van der Waals surface area contributed by atoms with Gasteiger partial charge in [-0.05, 0) is 32.8 Å². The highest BCUT2D eigenvalue weighted by Crippen LogP contribution is 2.18. The van der Waals surface area contributed by atoms with E-state index in [4.69, 9.17) is 5.73 Å². The van der Waals surface area contributed by atoms with E-state index in [1.165, 1.54) is 0 Å². The fourth-order valence-corrected chi connectivity index (χ4v) is 2.65. The number of nitrogens with two attached hydrogens (primary N) is 1. The van der Waals surface area contributed by atoms with E-state index >= 15 is 0 Å². The second kappa shape index (κ2) is 7.87. The van der Waals surface area contributed by atoms with E-state index in [0.29, 0.717) is 23.7 Å². The molecule has 0 aromatic carbocycles. The second-order valence-electron chi connectivity index (χ2n) is 5.62. The summed E-state index contributed by atoms with van der Waals surface area (Å²) in [6.45, 7) is 11.3. The number of urea groups is 1. The van der Waals surface area contributed by atoms with Gasteiger partial charge in [0.05, 0.1) is 5.56 Å². The number of nitrogens with one attached hydrogen (secondary N) is 1. The van der Waals surface area contributed by atoms with Crippen molar-refractivity contribution in [1.29, 1.82) is 0 Å². The number of hydrogen-bond donors (Lipinski definition) is 2. The molecule has 0 fully saturated rings. The molecule has 124 valence electrons. The standard InChI is InChI=1S/C16H28N4O2/c1-6-13(7-2)10-19(8-3)15(21)14-9-11(4)20(12(14)5)18-16(17)22/h9,13H,6-8,10H2,1-5H3,(H3,17,18,22). The van der Waals surface area contributed by atoms with Gasteiger partial charge in [0.25, 0.3) is 5.91 Å². The molecule has 1 heterocycles. The smallest absolute Gasteiger partial charge is 0.331 e. The molecule has 3 N–H and O–H groups in total. The van der Waals surface area contributed by atoms with Crippen molar-refractivity contribution < 1.29 is 9.59 Å². The molecule has 0 bridgehead atoms. The highest BCUT2D eigenvalue weighted by molar-refractivity contribution is 5.96. The molecule has 1 rings (SSSR count). The fraction of sp³-hybridized carbons (Fsp3) is 0.625. The third-order valence-electron chi connectivity index (χ3n) is 4.19. The molecule has 1 aromatic rings. The summed E-state index contributed by atoms with van der Waals surface area (Å²) in [4.78, 5) is 25.7. The maximum Gasteiger partial charge on any atom is 0.331 e. The van der Waals surface area contributed by atoms with Crippen molar-refractivity contribution in [3.63, 3.8) is 0 Å². The van der Waals surface area contributed by atoms with Crippen LogP contribution in [0.25, 0.3) is 0 Å². The first-order valence-corrected chi connectivity index (χ1v) is 7.90. The zero-order chi connectivity index (χ0) is 16.9. The van der Waals surface area contributed by atoms with Crippen molar-refractivity contribution in [3.05, 3.63) is 23.0 Å². The molecule has 0 unspecified atom stereocenters. The minimum atomic E-state index is -0.648. The molecule has 0 aliphatic heterocycles. The second-order valence-corrected chi connectivity index (χ2v) is 5.62. The average Bonchev–Trinajstić information content (AvgIpc) is 2.75. The third-order valence-corrected chi connectivity index (χ3v) is 4.19. The summed E-state index contributed by atoms with van der Waals surface area (Å²) in [7, 11) is 0. The zero-order valence-electron chi connectivity index (χ0n) is 14.3. The maximum absolute atomic E-state index is 12.8. The molecular weight excluding hydrogens is 280 g/mol. The summed E-state index contributed by atoms with van der Waals surface area (Å²) in [6, 6.07) is 1.15. The Morgan fingerprint density at radius 3 is 2.32 bits per heavy atom. The normalized spacial score (nSPS) is 10.8. The van der Waals surface area contributed by atoms with Crippen molar-refractivity contribution in [3.8, 4) is 0 Å². The number of rotatable bonds is 7. The van der Waals surface area contributed by atoms with Crippen LogP contribution < -0.4 is 11.2 Å². The van der Waals surface area contributed by atoms with Gasteiger partial charge >= 0.3 is 6.03 Å². The first kappa shape index (κ1) is 18.1. The van der Waals surface area contributed by atoms with Gasteiger partial charge in [-0.3, -0.25) is 9.47 Å². The number of aromatic nitrogens is 1. The quantitative estimate of drug-likeness (QED) is 0.812. The highest BCUT2D eigenvalue weighted by Gasteiger charge is 2.22. The summed E-state index contributed by atoms with van der Waals surface area (Å²) in [5.41, 5.74) is 9.78. The summed E-state index contributed by atoms with van der Waals surface area (Å²) in [5.74, 6) is 0.510. The Bertz CT molecular complexity index is 532. The summed E-state index contributed by atoms with van der Waals surface area (Å²) >= 11 is 0. The lowest BCUT2D eigenvalue weighted by atomic mass is 10.0. The van der Waals surface area contributed by atoms with Crippen LogP contribution in [0.15, 0.2) is 6.07 Å². The Morgan fingerprint density at radius 2 is 1.86 bits per heavy atom. The monoisotopic (exact) mass is 308 g/mol. The number of nitrogens with zero attached hydrogens (tertiary/aromatic N) is 2. The van der Waals surface area contributed by atoms with E-state index in [-0.39, 0.29) is 5.91 Å². The number of carbonyl (C=O) groups is 2. The number of aryl methyl sites for hydroxylation is 1. The van der Waals surface area contributed by atoms with Gasteiger partial charge in [0, 0.05) is 24.5 Å². The summed E-state index contributed by atoms with van der Waals surface area (Å²) < 4.78 is 1.56. The molecule has 0 radical (unpaired) electrons. The van der Waals surface area contributed by atoms with Gasteiger partial charge in [0.1, 0.15) is 0 Å². The van der Waals surface area contributed by atoms with Crippen LogP contribution in [0.3, 0.4) is 0 Å². The van der Waals surface area contributed by atoms with Crippen molar-refractivity contribution in [1.82, 2.24) is 9.58 Å². The predicted octanol–water partition coefficient (Wildman–Crippen LogP) is 2.63. The third kappa shape index (κ3) is 4.02. The van der Waals surface area contributed by atoms with E-state index in [2.05, 4.69) is 19.3 Å². The predicted molar refractivity (Wildman–Crippen MR) is 88.5 cm³/mol. The lowest BCUT2D eigenvalue weighted by molar-refractivity contribution is 0.0734. The molecule has 22 heavy (non-hydrogen) atoms. The molecular formula is C16H28N4O2. The fourth-order valence-electron chi connectivity index (χ4n) is 2.65. The van der Waals surface area contributed by atoms with Crippen LogP contribution in [0, 0.1) is 19.8 Å². The molecule has 3 amide bonds. The van der Waals surface area contributed by atoms with Crippen LogP contribution in [-0.4, -0.2) is 34.6 Å². The first-order valence-electron chi connectivity index (χ1n) is 7.90. The van der Waals surface area contributed by atoms with Crippen LogP contribution in [-0.2, 0) is 0 Å². The Kier molecular flexibility index (Phi) is 6.46. The Balaban J connectivity index is 3.03. The highest BCUT2D eigenvalue weighted by atomic mass is 16.2. The summed E-state index contributed by atoms with van der Waals surface area (Å²) in [5, 5.41) is 0. The van der Waals surface area contributed by atoms with Gasteiger partial charge in [0.15, 0.2) is 0 Å². The molecule has 0 spiro atoms. The zero-order valence-corrected chi connectivity index (χ0v) is 14.3. The van der Waals surface area contributed by atoms with Gasteiger partial charge in [0.2, 0.25) is 0 Å². The van der Waals surface area contributed by atoms with Crippen molar-refractivity contribution in [2.75, 3.05) is 18.5 Å². The van der Waals surface area contributed by atoms with E-state index in [9.17, 15) is 9.59 Å². The van der Waals surface area contributed by atoms with E-state index in [1.807, 2.05) is 18.7 Å². The number of hydrogen-bond acceptors (Lipinski definition) is 2. The molecule has 0 atom stereocenters. The molecule has 6 nitrogen and oxygen atoms in total. The van der Waals surface area contributed by atoms with Crippen molar-refractivity contribution in [2.45, 2.75) is 47.5 Å². The lowest BCUT2D eigenvalue weighted by Gasteiger charge is -2.25. The maximum atomic E-state index is 12.8. The van der Waals surface area contributed by atoms with Crippen LogP contribution in [0.5, 0.6) is 0 Å². The minimum Gasteiger partial charge on any atom is -0.350 e. The van der Waals surface area contributed by atoms with Crippen molar-refractivity contribution in [2.24, 2.45) is 11.7 Å². The molecule has 6 heteroatoms. The van der Waals surface area contributed by atoms with E-state index < -0.39 is 6.03 Å². The molecule has 0 saturated carbocycles. The van der Waals surface area contributed by atoms with Crippen LogP contribution >= 0.6 is 0 Å². The van der Waals surface area contributed by atoms with Gasteiger partial charge in [-0.1, -0.05) is 26.7 Å². The van der Waals surface area contributed by atoms with Gasteiger partial charge in [-0.15, -0.1) is 0 Å². The van der Waals surface area contributed by atoms with Crippen LogP contribution in [0.2, 0.25) is 0 Å². The van der Waals surface area contributed by atoms with Gasteiger partial charge in [-0.2, -0.15) is 0 Å². The van der Waals surface area contributed by atoms with Gasteiger partial charge in [-0.25, -0.2) is 10.2 Å². The van der Waals surface area contributed by atoms with Gasteiger partial charge < -0.3 is 10.6 Å². The molecule has 1 aromatic heterocycles. The lowest BCUT2D eigenvalue weighted by Crippen LogP contribution is -2.35. The Hall–Kier alpha value is -1.98. The molecule has 0 aliphatic carbocycles. The number of amides is 3. The number of primary amides is 1. The largest absolute Gasteiger partial charge is 0.350 e. The SMILES string of the molecule is CCC(CC)CN(CC)C(=O)c1cc(C)n(NC(N)=O)c1C. The molecule has 0 aliphatic rings. The first-order chi connectivity index (χ1) is 10.3. The topological polar surface area (TPSA) is 80.4 Å². The van der Waals surface area contributed by atoms with Crippen LogP contribution in [0.4, 0.5) is 4.79 Å². The van der Waals surface area contributed by atoms with E-state index in [1.54, 1.807) is 17.7 Å². The Morgan fingerprint density at radius 1 is 1.27 bits per heavy atom. The summed E-state index contributed by atoms with van der Waals surface area (Å²) in [6.07, 6.45) is 2.12. The Labute approximate surface area is 132 Å².